The molecule has 0 bridgehead atoms. The molecule has 1 rings (SSSR count). The van der Waals surface area contributed by atoms with Gasteiger partial charge in [-0.3, -0.25) is 0 Å². The number of aliphatic hydroxyl groups is 1. The molecule has 0 saturated carbocycles. The van der Waals surface area contributed by atoms with Gasteiger partial charge in [-0.25, -0.2) is 0 Å². The third-order valence-electron chi connectivity index (χ3n) is 3.06. The van der Waals surface area contributed by atoms with Gasteiger partial charge in [0.2, 0.25) is 0 Å². The van der Waals surface area contributed by atoms with Crippen molar-refractivity contribution in [2.45, 2.75) is 26.8 Å². The van der Waals surface area contributed by atoms with Crippen LogP contribution in [0.15, 0.2) is 18.2 Å². The average molecular weight is 223 g/mol. The van der Waals surface area contributed by atoms with Crippen LogP contribution in [-0.2, 0) is 0 Å². The molecule has 0 aliphatic heterocycles. The maximum atomic E-state index is 9.31. The first-order chi connectivity index (χ1) is 7.42. The molecule has 0 amide bonds. The van der Waals surface area contributed by atoms with E-state index in [1.54, 1.807) is 7.11 Å². The molecular formula is C13H21NO2. The Balaban J connectivity index is 3.05. The van der Waals surface area contributed by atoms with Gasteiger partial charge in [-0.15, -0.1) is 0 Å². The fraction of sp³-hybridized carbons (Fsp3) is 0.538. The molecule has 0 saturated heterocycles. The summed E-state index contributed by atoms with van der Waals surface area (Å²) in [6.07, 6.45) is 0. The summed E-state index contributed by atoms with van der Waals surface area (Å²) in [6.45, 7) is 5.99. The molecule has 0 radical (unpaired) electrons. The Morgan fingerprint density at radius 3 is 2.50 bits per heavy atom. The first kappa shape index (κ1) is 13.0. The van der Waals surface area contributed by atoms with Crippen LogP contribution in [0.25, 0.3) is 0 Å². The van der Waals surface area contributed by atoms with Crippen LogP contribution in [0.4, 0.5) is 0 Å². The third-order valence-corrected chi connectivity index (χ3v) is 3.06. The zero-order chi connectivity index (χ0) is 12.3. The molecular weight excluding hydrogens is 202 g/mol. The second-order valence-corrected chi connectivity index (χ2v) is 4.85. The van der Waals surface area contributed by atoms with E-state index in [2.05, 4.69) is 0 Å². The number of methoxy groups -OCH3 is 1. The van der Waals surface area contributed by atoms with Crippen molar-refractivity contribution in [1.82, 2.24) is 0 Å². The molecule has 3 N–H and O–H groups in total. The lowest BCUT2D eigenvalue weighted by Crippen LogP contribution is -2.32. The van der Waals surface area contributed by atoms with Crippen LogP contribution in [-0.4, -0.2) is 18.8 Å². The summed E-state index contributed by atoms with van der Waals surface area (Å²) in [6, 6.07) is 5.65. The van der Waals surface area contributed by atoms with Crippen molar-refractivity contribution in [3.63, 3.8) is 0 Å². The van der Waals surface area contributed by atoms with Gasteiger partial charge in [-0.2, -0.15) is 0 Å². The topological polar surface area (TPSA) is 55.5 Å². The number of hydrogen-bond acceptors (Lipinski definition) is 3. The number of aryl methyl sites for hydroxylation is 1. The minimum absolute atomic E-state index is 0.0691. The van der Waals surface area contributed by atoms with Gasteiger partial charge in [-0.1, -0.05) is 19.9 Å². The maximum Gasteiger partial charge on any atom is 0.119 e. The van der Waals surface area contributed by atoms with E-state index >= 15 is 0 Å². The van der Waals surface area contributed by atoms with E-state index in [4.69, 9.17) is 10.5 Å². The first-order valence-corrected chi connectivity index (χ1v) is 5.43. The number of nitrogens with two attached hydrogens (primary N) is 1. The van der Waals surface area contributed by atoms with Gasteiger partial charge < -0.3 is 15.6 Å². The summed E-state index contributed by atoms with van der Waals surface area (Å²) in [5.74, 6) is 0.829. The smallest absolute Gasteiger partial charge is 0.119 e. The Bertz CT molecular complexity index is 361. The molecule has 90 valence electrons. The van der Waals surface area contributed by atoms with Crippen LogP contribution in [0, 0.1) is 12.3 Å². The summed E-state index contributed by atoms with van der Waals surface area (Å²) in [5, 5.41) is 9.31. The Hall–Kier alpha value is -1.06. The van der Waals surface area contributed by atoms with Gasteiger partial charge in [0, 0.05) is 18.1 Å². The molecule has 0 unspecified atom stereocenters. The normalized spacial score (nSPS) is 13.6. The average Bonchev–Trinajstić information content (AvgIpc) is 2.28. The Kier molecular flexibility index (Phi) is 3.94. The predicted octanol–water partition coefficient (Wildman–Crippen LogP) is 2.02. The van der Waals surface area contributed by atoms with E-state index in [1.165, 1.54) is 0 Å². The highest BCUT2D eigenvalue weighted by Crippen LogP contribution is 2.33. The Morgan fingerprint density at radius 1 is 1.44 bits per heavy atom. The number of aliphatic hydroxyl groups excluding tert-OH is 1. The van der Waals surface area contributed by atoms with Crippen molar-refractivity contribution >= 4 is 0 Å². The number of rotatable bonds is 4. The molecule has 1 aromatic rings. The Morgan fingerprint density at radius 2 is 2.06 bits per heavy atom. The van der Waals surface area contributed by atoms with E-state index in [9.17, 15) is 5.11 Å². The van der Waals surface area contributed by atoms with E-state index in [0.29, 0.717) is 0 Å². The lowest BCUT2D eigenvalue weighted by atomic mass is 9.80. The van der Waals surface area contributed by atoms with Crippen LogP contribution >= 0.6 is 0 Å². The lowest BCUT2D eigenvalue weighted by molar-refractivity contribution is 0.132. The van der Waals surface area contributed by atoms with E-state index < -0.39 is 0 Å². The van der Waals surface area contributed by atoms with Gasteiger partial charge in [0.25, 0.3) is 0 Å². The standard InChI is InChI=1S/C13H21NO2/c1-9-7-10(16-4)5-6-11(9)12(14)13(2,3)8-15/h5-7,12,15H,8,14H2,1-4H3/t12-/m0/s1. The molecule has 16 heavy (non-hydrogen) atoms. The summed E-state index contributed by atoms with van der Waals surface area (Å²) in [5.41, 5.74) is 8.00. The summed E-state index contributed by atoms with van der Waals surface area (Å²) < 4.78 is 5.15. The van der Waals surface area contributed by atoms with Crippen LogP contribution in [0.5, 0.6) is 5.75 Å². The van der Waals surface area contributed by atoms with Crippen molar-refractivity contribution in [1.29, 1.82) is 0 Å². The monoisotopic (exact) mass is 223 g/mol. The highest BCUT2D eigenvalue weighted by molar-refractivity contribution is 5.37. The summed E-state index contributed by atoms with van der Waals surface area (Å²) in [7, 11) is 1.64. The second-order valence-electron chi connectivity index (χ2n) is 4.85. The highest BCUT2D eigenvalue weighted by atomic mass is 16.5. The molecule has 0 fully saturated rings. The largest absolute Gasteiger partial charge is 0.497 e. The molecule has 0 aliphatic rings. The molecule has 1 aromatic carbocycles. The molecule has 0 aromatic heterocycles. The maximum absolute atomic E-state index is 9.31. The zero-order valence-electron chi connectivity index (χ0n) is 10.4. The zero-order valence-corrected chi connectivity index (χ0v) is 10.4. The van der Waals surface area contributed by atoms with Crippen molar-refractivity contribution in [2.24, 2.45) is 11.1 Å². The quantitative estimate of drug-likeness (QED) is 0.821. The van der Waals surface area contributed by atoms with Crippen LogP contribution in [0.1, 0.15) is 31.0 Å². The van der Waals surface area contributed by atoms with Crippen LogP contribution in [0.3, 0.4) is 0 Å². The van der Waals surface area contributed by atoms with Crippen molar-refractivity contribution in [3.8, 4) is 5.75 Å². The number of ether oxygens (including phenoxy) is 1. The Labute approximate surface area is 97.2 Å². The van der Waals surface area contributed by atoms with Crippen LogP contribution < -0.4 is 10.5 Å². The molecule has 1 atom stereocenters. The highest BCUT2D eigenvalue weighted by Gasteiger charge is 2.27. The van der Waals surface area contributed by atoms with Gasteiger partial charge in [0.1, 0.15) is 5.75 Å². The van der Waals surface area contributed by atoms with Gasteiger partial charge in [0.15, 0.2) is 0 Å². The predicted molar refractivity (Wildman–Crippen MR) is 65.5 cm³/mol. The lowest BCUT2D eigenvalue weighted by Gasteiger charge is -2.30. The fourth-order valence-corrected chi connectivity index (χ4v) is 1.64. The fourth-order valence-electron chi connectivity index (χ4n) is 1.64. The minimum atomic E-state index is -0.320. The van der Waals surface area contributed by atoms with Crippen molar-refractivity contribution in [3.05, 3.63) is 29.3 Å². The van der Waals surface area contributed by atoms with Crippen molar-refractivity contribution in [2.75, 3.05) is 13.7 Å². The summed E-state index contributed by atoms with van der Waals surface area (Å²) >= 11 is 0. The van der Waals surface area contributed by atoms with E-state index in [0.717, 1.165) is 16.9 Å². The number of benzene rings is 1. The van der Waals surface area contributed by atoms with E-state index in [1.807, 2.05) is 39.0 Å². The van der Waals surface area contributed by atoms with Crippen LogP contribution in [0.2, 0.25) is 0 Å². The van der Waals surface area contributed by atoms with Gasteiger partial charge >= 0.3 is 0 Å². The molecule has 0 aliphatic carbocycles. The minimum Gasteiger partial charge on any atom is -0.497 e. The summed E-state index contributed by atoms with van der Waals surface area (Å²) in [4.78, 5) is 0. The first-order valence-electron chi connectivity index (χ1n) is 5.43. The van der Waals surface area contributed by atoms with Gasteiger partial charge in [-0.05, 0) is 30.2 Å². The SMILES string of the molecule is COc1ccc([C@H](N)C(C)(C)CO)c(C)c1. The van der Waals surface area contributed by atoms with Crippen molar-refractivity contribution < 1.29 is 9.84 Å². The second kappa shape index (κ2) is 4.85. The molecule has 0 heterocycles. The van der Waals surface area contributed by atoms with Gasteiger partial charge in [0.05, 0.1) is 7.11 Å². The molecule has 3 heteroatoms. The third kappa shape index (κ3) is 2.54. The van der Waals surface area contributed by atoms with E-state index in [-0.39, 0.29) is 18.1 Å². The molecule has 3 nitrogen and oxygen atoms in total. The number of hydrogen-bond donors (Lipinski definition) is 2. The molecule has 0 spiro atoms.